The molecule has 0 amide bonds. The number of hydrogen-bond donors (Lipinski definition) is 1. The van der Waals surface area contributed by atoms with E-state index in [1.165, 1.54) is 11.3 Å². The van der Waals surface area contributed by atoms with Crippen LogP contribution < -0.4 is 10.6 Å². The number of nitrogens with zero attached hydrogens (tertiary/aromatic N) is 3. The number of benzene rings is 1. The fourth-order valence-corrected chi connectivity index (χ4v) is 2.57. The first-order chi connectivity index (χ1) is 10.3. The van der Waals surface area contributed by atoms with Gasteiger partial charge in [-0.1, -0.05) is 18.2 Å². The molecule has 4 nitrogen and oxygen atoms in total. The predicted octanol–water partition coefficient (Wildman–Crippen LogP) is 3.13. The molecule has 0 aliphatic heterocycles. The van der Waals surface area contributed by atoms with Crippen molar-refractivity contribution in [3.8, 4) is 0 Å². The Morgan fingerprint density at radius 2 is 2.05 bits per heavy atom. The molecule has 4 heteroatoms. The van der Waals surface area contributed by atoms with E-state index in [0.717, 1.165) is 24.4 Å². The molecule has 0 atom stereocenters. The number of imidazole rings is 1. The zero-order chi connectivity index (χ0) is 14.7. The van der Waals surface area contributed by atoms with Crippen molar-refractivity contribution in [1.82, 2.24) is 9.38 Å². The van der Waals surface area contributed by atoms with E-state index < -0.39 is 0 Å². The quantitative estimate of drug-likeness (QED) is 0.781. The molecule has 108 valence electrons. The summed E-state index contributed by atoms with van der Waals surface area (Å²) in [6.45, 7) is 3.68. The van der Waals surface area contributed by atoms with Crippen molar-refractivity contribution in [2.24, 2.45) is 5.73 Å². The van der Waals surface area contributed by atoms with Crippen LogP contribution >= 0.6 is 0 Å². The standard InChI is InChI=1S/C17H20N4/c1-14-5-2-6-15(13-14)20(11-4-9-18)17-8-3-7-16-19-10-12-21(16)17/h2-3,5-8,10,12-13H,4,9,11,18H2,1H3. The number of aryl methyl sites for hydroxylation is 1. The van der Waals surface area contributed by atoms with Gasteiger partial charge in [0.15, 0.2) is 0 Å². The highest BCUT2D eigenvalue weighted by atomic mass is 15.2. The van der Waals surface area contributed by atoms with Gasteiger partial charge >= 0.3 is 0 Å². The Hall–Kier alpha value is -2.33. The Balaban J connectivity index is 2.08. The third-order valence-electron chi connectivity index (χ3n) is 3.58. The van der Waals surface area contributed by atoms with Crippen molar-refractivity contribution in [1.29, 1.82) is 0 Å². The summed E-state index contributed by atoms with van der Waals surface area (Å²) in [7, 11) is 0. The summed E-state index contributed by atoms with van der Waals surface area (Å²) in [4.78, 5) is 6.67. The first-order valence-corrected chi connectivity index (χ1v) is 7.26. The Bertz CT molecular complexity index is 732. The van der Waals surface area contributed by atoms with Gasteiger partial charge < -0.3 is 10.6 Å². The molecule has 0 fully saturated rings. The van der Waals surface area contributed by atoms with Crippen LogP contribution in [-0.2, 0) is 0 Å². The highest BCUT2D eigenvalue weighted by Gasteiger charge is 2.12. The van der Waals surface area contributed by atoms with E-state index in [-0.39, 0.29) is 0 Å². The second-order valence-electron chi connectivity index (χ2n) is 5.17. The van der Waals surface area contributed by atoms with Crippen LogP contribution in [-0.4, -0.2) is 22.5 Å². The van der Waals surface area contributed by atoms with Gasteiger partial charge in [-0.3, -0.25) is 4.40 Å². The number of rotatable bonds is 5. The Kier molecular flexibility index (Phi) is 3.88. The molecule has 0 aliphatic rings. The van der Waals surface area contributed by atoms with Gasteiger partial charge in [-0.25, -0.2) is 4.98 Å². The minimum absolute atomic E-state index is 0.683. The zero-order valence-corrected chi connectivity index (χ0v) is 12.2. The molecule has 1 aromatic carbocycles. The maximum absolute atomic E-state index is 5.71. The maximum Gasteiger partial charge on any atom is 0.138 e. The number of pyridine rings is 1. The monoisotopic (exact) mass is 280 g/mol. The summed E-state index contributed by atoms with van der Waals surface area (Å²) in [6, 6.07) is 14.7. The molecule has 21 heavy (non-hydrogen) atoms. The Morgan fingerprint density at radius 1 is 1.19 bits per heavy atom. The van der Waals surface area contributed by atoms with Crippen LogP contribution in [0.1, 0.15) is 12.0 Å². The number of hydrogen-bond acceptors (Lipinski definition) is 3. The molecule has 0 saturated heterocycles. The molecular weight excluding hydrogens is 260 g/mol. The molecule has 0 bridgehead atoms. The average molecular weight is 280 g/mol. The van der Waals surface area contributed by atoms with Gasteiger partial charge in [-0.2, -0.15) is 0 Å². The van der Waals surface area contributed by atoms with Crippen molar-refractivity contribution in [3.63, 3.8) is 0 Å². The van der Waals surface area contributed by atoms with Crippen LogP contribution in [0, 0.1) is 6.92 Å². The largest absolute Gasteiger partial charge is 0.330 e. The van der Waals surface area contributed by atoms with E-state index in [1.807, 2.05) is 24.5 Å². The predicted molar refractivity (Wildman–Crippen MR) is 87.0 cm³/mol. The number of anilines is 2. The van der Waals surface area contributed by atoms with Gasteiger partial charge in [0.05, 0.1) is 0 Å². The van der Waals surface area contributed by atoms with Gasteiger partial charge in [0, 0.05) is 24.6 Å². The summed E-state index contributed by atoms with van der Waals surface area (Å²) in [5.41, 5.74) is 9.10. The van der Waals surface area contributed by atoms with Gasteiger partial charge in [0.25, 0.3) is 0 Å². The molecule has 3 rings (SSSR count). The van der Waals surface area contributed by atoms with Crippen LogP contribution in [0.3, 0.4) is 0 Å². The van der Waals surface area contributed by atoms with E-state index in [1.54, 1.807) is 0 Å². The van der Waals surface area contributed by atoms with Crippen LogP contribution in [0.15, 0.2) is 54.9 Å². The van der Waals surface area contributed by atoms with Gasteiger partial charge in [0.1, 0.15) is 11.5 Å². The highest BCUT2D eigenvalue weighted by molar-refractivity contribution is 5.64. The lowest BCUT2D eigenvalue weighted by atomic mass is 10.2. The molecule has 0 unspecified atom stereocenters. The molecular formula is C17H20N4. The zero-order valence-electron chi connectivity index (χ0n) is 12.2. The maximum atomic E-state index is 5.71. The average Bonchev–Trinajstić information content (AvgIpc) is 2.97. The van der Waals surface area contributed by atoms with E-state index in [9.17, 15) is 0 Å². The van der Waals surface area contributed by atoms with Crippen LogP contribution in [0.25, 0.3) is 5.65 Å². The van der Waals surface area contributed by atoms with Gasteiger partial charge in [-0.15, -0.1) is 0 Å². The van der Waals surface area contributed by atoms with Crippen molar-refractivity contribution in [3.05, 3.63) is 60.4 Å². The van der Waals surface area contributed by atoms with E-state index in [0.29, 0.717) is 6.54 Å². The summed E-state index contributed by atoms with van der Waals surface area (Å²) in [6.07, 6.45) is 4.77. The second-order valence-corrected chi connectivity index (χ2v) is 5.17. The molecule has 2 N–H and O–H groups in total. The second kappa shape index (κ2) is 5.97. The first-order valence-electron chi connectivity index (χ1n) is 7.26. The molecule has 0 saturated carbocycles. The van der Waals surface area contributed by atoms with Crippen molar-refractivity contribution in [2.75, 3.05) is 18.0 Å². The molecule has 0 aliphatic carbocycles. The van der Waals surface area contributed by atoms with Gasteiger partial charge in [0.2, 0.25) is 0 Å². The van der Waals surface area contributed by atoms with E-state index in [4.69, 9.17) is 5.73 Å². The number of aromatic nitrogens is 2. The SMILES string of the molecule is Cc1cccc(N(CCCN)c2cccc3nccn23)c1. The van der Waals surface area contributed by atoms with Crippen molar-refractivity contribution < 1.29 is 0 Å². The normalized spacial score (nSPS) is 11.0. The third kappa shape index (κ3) is 2.76. The van der Waals surface area contributed by atoms with E-state index >= 15 is 0 Å². The lowest BCUT2D eigenvalue weighted by Gasteiger charge is -2.26. The fraction of sp³-hybridized carbons (Fsp3) is 0.235. The summed E-state index contributed by atoms with van der Waals surface area (Å²) in [5.74, 6) is 1.11. The Labute approximate surface area is 124 Å². The van der Waals surface area contributed by atoms with Gasteiger partial charge in [-0.05, 0) is 49.7 Å². The minimum Gasteiger partial charge on any atom is -0.330 e. The van der Waals surface area contributed by atoms with Crippen LogP contribution in [0.5, 0.6) is 0 Å². The minimum atomic E-state index is 0.683. The smallest absolute Gasteiger partial charge is 0.138 e. The van der Waals surface area contributed by atoms with Crippen LogP contribution in [0.2, 0.25) is 0 Å². The third-order valence-corrected chi connectivity index (χ3v) is 3.58. The van der Waals surface area contributed by atoms with E-state index in [2.05, 4.69) is 51.5 Å². The molecule has 0 spiro atoms. The van der Waals surface area contributed by atoms with Crippen molar-refractivity contribution >= 4 is 17.2 Å². The summed E-state index contributed by atoms with van der Waals surface area (Å²) < 4.78 is 2.11. The molecule has 0 radical (unpaired) electrons. The lowest BCUT2D eigenvalue weighted by Crippen LogP contribution is -2.23. The van der Waals surface area contributed by atoms with Crippen LogP contribution in [0.4, 0.5) is 11.5 Å². The summed E-state index contributed by atoms with van der Waals surface area (Å²) >= 11 is 0. The summed E-state index contributed by atoms with van der Waals surface area (Å²) in [5, 5.41) is 0. The molecule has 3 aromatic rings. The molecule has 2 heterocycles. The highest BCUT2D eigenvalue weighted by Crippen LogP contribution is 2.26. The number of nitrogens with two attached hydrogens (primary N) is 1. The topological polar surface area (TPSA) is 46.6 Å². The number of fused-ring (bicyclic) bond motifs is 1. The van der Waals surface area contributed by atoms with Crippen molar-refractivity contribution in [2.45, 2.75) is 13.3 Å². The Morgan fingerprint density at radius 3 is 2.86 bits per heavy atom. The lowest BCUT2D eigenvalue weighted by molar-refractivity contribution is 0.805. The first kappa shape index (κ1) is 13.6. The molecule has 2 aromatic heterocycles. The fourth-order valence-electron chi connectivity index (χ4n) is 2.57.